The van der Waals surface area contributed by atoms with Crippen molar-refractivity contribution in [1.82, 2.24) is 10.2 Å². The number of amides is 2. The van der Waals surface area contributed by atoms with Crippen LogP contribution < -0.4 is 9.62 Å². The number of nitrogens with one attached hydrogen (secondary N) is 1. The second-order valence-electron chi connectivity index (χ2n) is 11.4. The Morgan fingerprint density at radius 1 is 0.872 bits per heavy atom. The fourth-order valence-electron chi connectivity index (χ4n) is 5.72. The summed E-state index contributed by atoms with van der Waals surface area (Å²) in [6, 6.07) is 28.4. The summed E-state index contributed by atoms with van der Waals surface area (Å²) in [6.45, 7) is -0.674. The highest BCUT2D eigenvalue weighted by atomic mass is 79.9. The van der Waals surface area contributed by atoms with E-state index in [2.05, 4.69) is 21.2 Å². The Morgan fingerprint density at radius 2 is 1.51 bits per heavy atom. The zero-order valence-corrected chi connectivity index (χ0v) is 28.0. The van der Waals surface area contributed by atoms with E-state index in [1.807, 2.05) is 54.6 Å². The summed E-state index contributed by atoms with van der Waals surface area (Å²) in [4.78, 5) is 41.0. The number of non-ortho nitro benzene ring substituents is 1. The molecule has 0 bridgehead atoms. The maximum absolute atomic E-state index is 14.6. The molecule has 47 heavy (non-hydrogen) atoms. The fourth-order valence-corrected chi connectivity index (χ4v) is 7.41. The van der Waals surface area contributed by atoms with Crippen molar-refractivity contribution in [1.29, 1.82) is 0 Å². The molecule has 0 aliphatic heterocycles. The maximum Gasteiger partial charge on any atom is 0.271 e. The lowest BCUT2D eigenvalue weighted by Crippen LogP contribution is -2.54. The molecule has 1 aliphatic rings. The van der Waals surface area contributed by atoms with Crippen molar-refractivity contribution in [3.63, 3.8) is 0 Å². The molecule has 0 radical (unpaired) electrons. The van der Waals surface area contributed by atoms with Crippen LogP contribution in [0.15, 0.2) is 119 Å². The molecule has 10 nitrogen and oxygen atoms in total. The van der Waals surface area contributed by atoms with E-state index in [-0.39, 0.29) is 41.2 Å². The number of carbonyl (C=O) groups is 2. The van der Waals surface area contributed by atoms with Crippen molar-refractivity contribution < 1.29 is 22.9 Å². The molecule has 5 rings (SSSR count). The van der Waals surface area contributed by atoms with E-state index in [0.717, 1.165) is 51.7 Å². The molecule has 12 heteroatoms. The molecular weight excluding hydrogens is 684 g/mol. The number of anilines is 1. The van der Waals surface area contributed by atoms with E-state index >= 15 is 0 Å². The van der Waals surface area contributed by atoms with Crippen LogP contribution in [0, 0.1) is 10.1 Å². The molecule has 0 heterocycles. The van der Waals surface area contributed by atoms with Crippen LogP contribution in [0.2, 0.25) is 0 Å². The van der Waals surface area contributed by atoms with Crippen LogP contribution in [0.5, 0.6) is 0 Å². The summed E-state index contributed by atoms with van der Waals surface area (Å²) >= 11 is 3.44. The lowest BCUT2D eigenvalue weighted by molar-refractivity contribution is -0.384. The SMILES string of the molecule is O=C(NC1CCCC1)[C@@H](Cc1ccccc1)N(Cc1ccc(Br)cc1)C(=O)CN(c1cccc([N+](=O)[O-])c1)S(=O)(=O)c1ccccc1. The van der Waals surface area contributed by atoms with Crippen LogP contribution in [-0.4, -0.2) is 48.7 Å². The number of halogens is 1. The van der Waals surface area contributed by atoms with Gasteiger partial charge in [0.1, 0.15) is 12.6 Å². The number of benzene rings is 4. The van der Waals surface area contributed by atoms with Gasteiger partial charge in [0.15, 0.2) is 0 Å². The zero-order chi connectivity index (χ0) is 33.4. The smallest absolute Gasteiger partial charge is 0.271 e. The Hall–Kier alpha value is -4.55. The number of nitrogens with zero attached hydrogens (tertiary/aromatic N) is 3. The molecule has 0 aromatic heterocycles. The predicted octanol–water partition coefficient (Wildman–Crippen LogP) is 6.25. The molecule has 1 saturated carbocycles. The van der Waals surface area contributed by atoms with E-state index in [4.69, 9.17) is 0 Å². The third-order valence-electron chi connectivity index (χ3n) is 8.18. The van der Waals surface area contributed by atoms with Crippen molar-refractivity contribution in [2.24, 2.45) is 0 Å². The molecule has 0 unspecified atom stereocenters. The van der Waals surface area contributed by atoms with E-state index in [1.54, 1.807) is 18.2 Å². The standard InChI is InChI=1S/C35H35BrN4O6S/c36-28-20-18-27(19-21-28)24-38(33(22-26-10-3-1-4-11-26)35(42)37-29-12-7-8-13-29)34(41)25-39(30-14-9-15-31(23-30)40(43)44)47(45,46)32-16-5-2-6-17-32/h1-6,9-11,14-21,23,29,33H,7-8,12-13,22,24-25H2,(H,37,42)/t33-/m1/s1. The van der Waals surface area contributed by atoms with Gasteiger partial charge in [-0.05, 0) is 54.3 Å². The Morgan fingerprint density at radius 3 is 2.15 bits per heavy atom. The maximum atomic E-state index is 14.6. The largest absolute Gasteiger partial charge is 0.352 e. The predicted molar refractivity (Wildman–Crippen MR) is 183 cm³/mol. The minimum absolute atomic E-state index is 0.00905. The summed E-state index contributed by atoms with van der Waals surface area (Å²) in [7, 11) is -4.37. The van der Waals surface area contributed by atoms with E-state index in [9.17, 15) is 28.1 Å². The van der Waals surface area contributed by atoms with Crippen molar-refractivity contribution in [2.45, 2.75) is 55.6 Å². The summed E-state index contributed by atoms with van der Waals surface area (Å²) in [5.74, 6) is -0.958. The molecule has 1 N–H and O–H groups in total. The molecule has 4 aromatic carbocycles. The number of nitro benzene ring substituents is 1. The molecular formula is C35H35BrN4O6S. The molecule has 1 atom stereocenters. The topological polar surface area (TPSA) is 130 Å². The summed E-state index contributed by atoms with van der Waals surface area (Å²) in [5, 5.41) is 14.8. The normalized spacial score (nSPS) is 13.9. The van der Waals surface area contributed by atoms with Crippen molar-refractivity contribution in [3.05, 3.63) is 135 Å². The van der Waals surface area contributed by atoms with Crippen LogP contribution in [0.1, 0.15) is 36.8 Å². The molecule has 1 fully saturated rings. The van der Waals surface area contributed by atoms with Gasteiger partial charge in [-0.2, -0.15) is 0 Å². The van der Waals surface area contributed by atoms with Crippen molar-refractivity contribution in [2.75, 3.05) is 10.8 Å². The Kier molecular flexibility index (Phi) is 11.0. The first kappa shape index (κ1) is 33.8. The highest BCUT2D eigenvalue weighted by molar-refractivity contribution is 9.10. The van der Waals surface area contributed by atoms with Gasteiger partial charge in [0.2, 0.25) is 11.8 Å². The van der Waals surface area contributed by atoms with Crippen LogP contribution in [0.25, 0.3) is 0 Å². The first-order chi connectivity index (χ1) is 22.6. The van der Waals surface area contributed by atoms with Crippen molar-refractivity contribution >= 4 is 49.1 Å². The Bertz CT molecular complexity index is 1800. The molecule has 1 aliphatic carbocycles. The monoisotopic (exact) mass is 718 g/mol. The number of hydrogen-bond acceptors (Lipinski definition) is 6. The first-order valence-corrected chi connectivity index (χ1v) is 17.6. The van der Waals surface area contributed by atoms with Crippen LogP contribution in [-0.2, 0) is 32.6 Å². The minimum atomic E-state index is -4.37. The van der Waals surface area contributed by atoms with Crippen LogP contribution in [0.4, 0.5) is 11.4 Å². The molecule has 0 spiro atoms. The summed E-state index contributed by atoms with van der Waals surface area (Å²) in [5.41, 5.74) is 1.20. The van der Waals surface area contributed by atoms with Gasteiger partial charge >= 0.3 is 0 Å². The lowest BCUT2D eigenvalue weighted by atomic mass is 10.0. The number of hydrogen-bond donors (Lipinski definition) is 1. The molecule has 0 saturated heterocycles. The number of rotatable bonds is 13. The fraction of sp³-hybridized carbons (Fsp3) is 0.257. The quantitative estimate of drug-likeness (QED) is 0.129. The van der Waals surface area contributed by atoms with Crippen LogP contribution in [0.3, 0.4) is 0 Å². The first-order valence-electron chi connectivity index (χ1n) is 15.3. The van der Waals surface area contributed by atoms with Gasteiger partial charge < -0.3 is 10.2 Å². The van der Waals surface area contributed by atoms with E-state index in [0.29, 0.717) is 0 Å². The lowest BCUT2D eigenvalue weighted by Gasteiger charge is -2.34. The second kappa shape index (κ2) is 15.4. The number of nitro groups is 1. The van der Waals surface area contributed by atoms with Crippen molar-refractivity contribution in [3.8, 4) is 0 Å². The van der Waals surface area contributed by atoms with Gasteiger partial charge in [-0.1, -0.05) is 95.5 Å². The number of carbonyl (C=O) groups excluding carboxylic acids is 2. The van der Waals surface area contributed by atoms with E-state index in [1.165, 1.54) is 35.2 Å². The molecule has 4 aromatic rings. The average Bonchev–Trinajstić information content (AvgIpc) is 3.60. The van der Waals surface area contributed by atoms with Crippen LogP contribution >= 0.6 is 15.9 Å². The number of sulfonamides is 1. The van der Waals surface area contributed by atoms with Gasteiger partial charge in [-0.3, -0.25) is 24.0 Å². The van der Waals surface area contributed by atoms with Gasteiger partial charge in [0.25, 0.3) is 15.7 Å². The average molecular weight is 720 g/mol. The van der Waals surface area contributed by atoms with Gasteiger partial charge in [0, 0.05) is 35.6 Å². The third-order valence-corrected chi connectivity index (χ3v) is 10.5. The zero-order valence-electron chi connectivity index (χ0n) is 25.6. The highest BCUT2D eigenvalue weighted by Crippen LogP contribution is 2.28. The van der Waals surface area contributed by atoms with Gasteiger partial charge in [-0.15, -0.1) is 0 Å². The highest BCUT2D eigenvalue weighted by Gasteiger charge is 2.36. The van der Waals surface area contributed by atoms with Gasteiger partial charge in [0.05, 0.1) is 15.5 Å². The van der Waals surface area contributed by atoms with Gasteiger partial charge in [-0.25, -0.2) is 8.42 Å². The summed E-state index contributed by atoms with van der Waals surface area (Å²) in [6.07, 6.45) is 3.90. The summed E-state index contributed by atoms with van der Waals surface area (Å²) < 4.78 is 29.9. The third kappa shape index (κ3) is 8.63. The van der Waals surface area contributed by atoms with E-state index < -0.39 is 33.4 Å². The minimum Gasteiger partial charge on any atom is -0.352 e. The Balaban J connectivity index is 1.58. The Labute approximate surface area is 282 Å². The second-order valence-corrected chi connectivity index (χ2v) is 14.2. The molecule has 244 valence electrons. The molecule has 2 amide bonds.